The molecule has 0 aliphatic rings. The Kier molecular flexibility index (Phi) is 3.61. The number of H-pyrrole nitrogens is 1. The van der Waals surface area contributed by atoms with Crippen LogP contribution in [-0.4, -0.2) is 19.9 Å². The lowest BCUT2D eigenvalue weighted by Crippen LogP contribution is -2.11. The molecule has 0 aliphatic carbocycles. The molecule has 0 spiro atoms. The number of nitrogens with zero attached hydrogens (tertiary/aromatic N) is 2. The highest BCUT2D eigenvalue weighted by molar-refractivity contribution is 7.71. The van der Waals surface area contributed by atoms with Crippen LogP contribution in [0.5, 0.6) is 0 Å². The summed E-state index contributed by atoms with van der Waals surface area (Å²) < 4.78 is 2.27. The average molecular weight is 270 g/mol. The van der Waals surface area contributed by atoms with Crippen molar-refractivity contribution in [2.75, 3.05) is 0 Å². The van der Waals surface area contributed by atoms with Crippen LogP contribution in [0.1, 0.15) is 24.4 Å². The summed E-state index contributed by atoms with van der Waals surface area (Å²) in [7, 11) is 0. The molecule has 2 N–H and O–H groups in total. The molecule has 0 aliphatic heterocycles. The summed E-state index contributed by atoms with van der Waals surface area (Å²) in [5.74, 6) is 0.516. The van der Waals surface area contributed by atoms with E-state index in [9.17, 15) is 5.11 Å². The number of aromatic nitrogens is 3. The van der Waals surface area contributed by atoms with Gasteiger partial charge in [-0.3, -0.25) is 9.67 Å². The Morgan fingerprint density at radius 2 is 2.35 bits per heavy atom. The molecule has 0 fully saturated rings. The molecule has 1 atom stereocenters. The Morgan fingerprint density at radius 1 is 1.59 bits per heavy atom. The minimum absolute atomic E-state index is 0.0258. The van der Waals surface area contributed by atoms with E-state index in [1.165, 1.54) is 0 Å². The maximum Gasteiger partial charge on any atom is 0.195 e. The van der Waals surface area contributed by atoms with Gasteiger partial charge in [0, 0.05) is 5.02 Å². The summed E-state index contributed by atoms with van der Waals surface area (Å²) in [6, 6.07) is 7.52. The van der Waals surface area contributed by atoms with Crippen molar-refractivity contribution in [1.29, 1.82) is 0 Å². The number of aliphatic hydroxyl groups is 1. The molecule has 4 nitrogen and oxygen atoms in total. The number of hydrogen-bond donors (Lipinski definition) is 2. The van der Waals surface area contributed by atoms with Gasteiger partial charge in [0.2, 0.25) is 0 Å². The number of hydrogen-bond acceptors (Lipinski definition) is 3. The van der Waals surface area contributed by atoms with Gasteiger partial charge in [-0.25, -0.2) is 0 Å². The van der Waals surface area contributed by atoms with Crippen LogP contribution in [0, 0.1) is 4.77 Å². The van der Waals surface area contributed by atoms with E-state index in [0.717, 1.165) is 5.56 Å². The molecule has 0 amide bonds. The monoisotopic (exact) mass is 269 g/mol. The third-order valence-electron chi connectivity index (χ3n) is 2.64. The molecule has 90 valence electrons. The smallest absolute Gasteiger partial charge is 0.195 e. The van der Waals surface area contributed by atoms with Crippen LogP contribution in [0.25, 0.3) is 0 Å². The van der Waals surface area contributed by atoms with E-state index in [-0.39, 0.29) is 12.6 Å². The first-order valence-corrected chi connectivity index (χ1v) is 5.94. The van der Waals surface area contributed by atoms with Crippen LogP contribution < -0.4 is 0 Å². The molecule has 0 saturated heterocycles. The SMILES string of the molecule is CC(c1cccc(Cl)c1)n1c(CO)n[nH]c1=S. The average Bonchev–Trinajstić information content (AvgIpc) is 2.69. The molecule has 1 aromatic heterocycles. The van der Waals surface area contributed by atoms with Crippen molar-refractivity contribution in [3.63, 3.8) is 0 Å². The number of aromatic amines is 1. The lowest BCUT2D eigenvalue weighted by atomic mass is 10.1. The van der Waals surface area contributed by atoms with E-state index in [1.54, 1.807) is 4.57 Å². The van der Waals surface area contributed by atoms with Gasteiger partial charge < -0.3 is 5.11 Å². The Labute approximate surface area is 109 Å². The number of nitrogens with one attached hydrogen (secondary N) is 1. The largest absolute Gasteiger partial charge is 0.388 e. The Bertz CT molecular complexity index is 578. The summed E-state index contributed by atoms with van der Waals surface area (Å²) in [6.07, 6.45) is 0. The molecule has 2 rings (SSSR count). The van der Waals surface area contributed by atoms with E-state index in [0.29, 0.717) is 15.6 Å². The fourth-order valence-corrected chi connectivity index (χ4v) is 2.27. The molecule has 1 unspecified atom stereocenters. The van der Waals surface area contributed by atoms with Crippen LogP contribution in [0.2, 0.25) is 5.02 Å². The zero-order valence-electron chi connectivity index (χ0n) is 9.22. The van der Waals surface area contributed by atoms with Crippen molar-refractivity contribution in [3.8, 4) is 0 Å². The highest BCUT2D eigenvalue weighted by atomic mass is 35.5. The van der Waals surface area contributed by atoms with Gasteiger partial charge in [-0.2, -0.15) is 5.10 Å². The number of halogens is 1. The van der Waals surface area contributed by atoms with E-state index in [2.05, 4.69) is 10.2 Å². The molecule has 17 heavy (non-hydrogen) atoms. The Hall–Kier alpha value is -1.17. The van der Waals surface area contributed by atoms with Crippen LogP contribution in [0.3, 0.4) is 0 Å². The predicted molar refractivity (Wildman–Crippen MR) is 68.6 cm³/mol. The van der Waals surface area contributed by atoms with Crippen LogP contribution in [0.4, 0.5) is 0 Å². The standard InChI is InChI=1S/C11H12ClN3OS/c1-7(8-3-2-4-9(12)5-8)15-10(6-16)13-14-11(15)17/h2-5,7,16H,6H2,1H3,(H,14,17). The minimum atomic E-state index is -0.155. The molecular formula is C11H12ClN3OS. The lowest BCUT2D eigenvalue weighted by Gasteiger charge is -2.15. The van der Waals surface area contributed by atoms with E-state index in [1.807, 2.05) is 31.2 Å². The number of benzene rings is 1. The summed E-state index contributed by atoms with van der Waals surface area (Å²) in [5.41, 5.74) is 1.02. The van der Waals surface area contributed by atoms with Crippen molar-refractivity contribution in [3.05, 3.63) is 45.4 Å². The first-order valence-electron chi connectivity index (χ1n) is 5.15. The topological polar surface area (TPSA) is 53.8 Å². The molecule has 0 bridgehead atoms. The number of aliphatic hydroxyl groups excluding tert-OH is 1. The third kappa shape index (κ3) is 2.41. The summed E-state index contributed by atoms with van der Waals surface area (Å²) in [6.45, 7) is 1.83. The fourth-order valence-electron chi connectivity index (χ4n) is 1.76. The first kappa shape index (κ1) is 12.3. The zero-order chi connectivity index (χ0) is 12.4. The van der Waals surface area contributed by atoms with E-state index < -0.39 is 0 Å². The van der Waals surface area contributed by atoms with Gasteiger partial charge in [-0.1, -0.05) is 23.7 Å². The molecule has 0 saturated carbocycles. The lowest BCUT2D eigenvalue weighted by molar-refractivity contribution is 0.263. The van der Waals surface area contributed by atoms with Gasteiger partial charge in [-0.05, 0) is 36.8 Å². The Morgan fingerprint density at radius 3 is 3.00 bits per heavy atom. The summed E-state index contributed by atoms with van der Waals surface area (Å²) >= 11 is 11.1. The first-order chi connectivity index (χ1) is 8.13. The highest BCUT2D eigenvalue weighted by Crippen LogP contribution is 2.22. The van der Waals surface area contributed by atoms with E-state index >= 15 is 0 Å². The Balaban J connectivity index is 2.46. The maximum absolute atomic E-state index is 9.21. The van der Waals surface area contributed by atoms with Gasteiger partial charge in [0.15, 0.2) is 10.6 Å². The summed E-state index contributed by atoms with van der Waals surface area (Å²) in [5, 5.41) is 16.5. The van der Waals surface area contributed by atoms with Gasteiger partial charge in [0.1, 0.15) is 6.61 Å². The highest BCUT2D eigenvalue weighted by Gasteiger charge is 2.14. The molecule has 2 aromatic rings. The van der Waals surface area contributed by atoms with Gasteiger partial charge in [0.25, 0.3) is 0 Å². The van der Waals surface area contributed by atoms with E-state index in [4.69, 9.17) is 23.8 Å². The van der Waals surface area contributed by atoms with Crippen LogP contribution in [-0.2, 0) is 6.61 Å². The van der Waals surface area contributed by atoms with Crippen molar-refractivity contribution in [2.24, 2.45) is 0 Å². The quantitative estimate of drug-likeness (QED) is 0.843. The molecule has 1 heterocycles. The molecule has 6 heteroatoms. The van der Waals surface area contributed by atoms with Gasteiger partial charge >= 0.3 is 0 Å². The van der Waals surface area contributed by atoms with Crippen molar-refractivity contribution in [2.45, 2.75) is 19.6 Å². The predicted octanol–water partition coefficient (Wildman–Crippen LogP) is 2.70. The van der Waals surface area contributed by atoms with Crippen LogP contribution in [0.15, 0.2) is 24.3 Å². The second-order valence-electron chi connectivity index (χ2n) is 3.70. The molecular weight excluding hydrogens is 258 g/mol. The van der Waals surface area contributed by atoms with Crippen molar-refractivity contribution >= 4 is 23.8 Å². The maximum atomic E-state index is 9.21. The van der Waals surface area contributed by atoms with Crippen molar-refractivity contribution < 1.29 is 5.11 Å². The van der Waals surface area contributed by atoms with Crippen molar-refractivity contribution in [1.82, 2.24) is 14.8 Å². The molecule has 1 aromatic carbocycles. The fraction of sp³-hybridized carbons (Fsp3) is 0.273. The van der Waals surface area contributed by atoms with Crippen LogP contribution >= 0.6 is 23.8 Å². The molecule has 0 radical (unpaired) electrons. The summed E-state index contributed by atoms with van der Waals surface area (Å²) in [4.78, 5) is 0. The van der Waals surface area contributed by atoms with Gasteiger partial charge in [-0.15, -0.1) is 0 Å². The second kappa shape index (κ2) is 5.00. The zero-order valence-corrected chi connectivity index (χ0v) is 10.8. The second-order valence-corrected chi connectivity index (χ2v) is 4.53. The minimum Gasteiger partial charge on any atom is -0.388 e. The van der Waals surface area contributed by atoms with Gasteiger partial charge in [0.05, 0.1) is 6.04 Å². The third-order valence-corrected chi connectivity index (χ3v) is 3.16. The normalized spacial score (nSPS) is 12.6. The number of rotatable bonds is 3.